The van der Waals surface area contributed by atoms with Crippen LogP contribution in [0.2, 0.25) is 0 Å². The molecule has 2 aliphatic heterocycles. The minimum atomic E-state index is -3.36. The quantitative estimate of drug-likeness (QED) is 0.163. The number of hydrogen-bond acceptors (Lipinski definition) is 1. The van der Waals surface area contributed by atoms with E-state index in [1.54, 1.807) is 13.2 Å². The molecule has 0 fully saturated rings. The minimum absolute atomic E-state index is 0.0962. The molecule has 1 aliphatic carbocycles. The topological polar surface area (TPSA) is 3.24 Å². The molecule has 8 aromatic carbocycles. The van der Waals surface area contributed by atoms with Gasteiger partial charge in [-0.3, -0.25) is 0 Å². The van der Waals surface area contributed by atoms with Crippen LogP contribution in [-0.2, 0) is 5.41 Å². The second kappa shape index (κ2) is 11.3. The SMILES string of the molecule is CC1(C)c2ccccc2-c2ccc(N(c3ccc(-c4ccccc4)cc3)c3ccc4[c](c3)[Ge]3([c]5ccccc5-c5cccc[c]53)[c]3ccccc3-4)cc21. The number of anilines is 3. The van der Waals surface area contributed by atoms with E-state index in [-0.39, 0.29) is 5.41 Å². The van der Waals surface area contributed by atoms with Gasteiger partial charge in [0.15, 0.2) is 0 Å². The van der Waals surface area contributed by atoms with E-state index in [1.807, 2.05) is 0 Å². The fraction of sp³-hybridized carbons (Fsp3) is 0.0588. The molecule has 53 heavy (non-hydrogen) atoms. The first-order valence-electron chi connectivity index (χ1n) is 18.7. The van der Waals surface area contributed by atoms with Gasteiger partial charge in [-0.15, -0.1) is 0 Å². The average molecular weight is 736 g/mol. The van der Waals surface area contributed by atoms with Crippen LogP contribution in [-0.4, -0.2) is 13.3 Å². The van der Waals surface area contributed by atoms with Crippen molar-refractivity contribution in [3.8, 4) is 44.5 Å². The molecule has 2 heterocycles. The summed E-state index contributed by atoms with van der Waals surface area (Å²) in [6, 6.07) is 71.1. The van der Waals surface area contributed by atoms with Gasteiger partial charge in [0.05, 0.1) is 0 Å². The Labute approximate surface area is 314 Å². The van der Waals surface area contributed by atoms with Crippen LogP contribution in [0, 0.1) is 0 Å². The normalized spacial score (nSPS) is 14.5. The van der Waals surface area contributed by atoms with E-state index in [1.165, 1.54) is 71.4 Å². The van der Waals surface area contributed by atoms with Gasteiger partial charge in [0, 0.05) is 0 Å². The Morgan fingerprint density at radius 2 is 0.774 bits per heavy atom. The summed E-state index contributed by atoms with van der Waals surface area (Å²) in [5.74, 6) is 0. The molecule has 0 saturated heterocycles. The zero-order chi connectivity index (χ0) is 35.3. The first-order valence-corrected chi connectivity index (χ1v) is 22.9. The van der Waals surface area contributed by atoms with Gasteiger partial charge in [0.2, 0.25) is 0 Å². The van der Waals surface area contributed by atoms with Gasteiger partial charge in [0.1, 0.15) is 0 Å². The van der Waals surface area contributed by atoms with E-state index < -0.39 is 13.3 Å². The van der Waals surface area contributed by atoms with Crippen molar-refractivity contribution in [3.05, 3.63) is 199 Å². The Balaban J connectivity index is 1.15. The second-order valence-electron chi connectivity index (χ2n) is 15.3. The first kappa shape index (κ1) is 30.7. The predicted molar refractivity (Wildman–Crippen MR) is 226 cm³/mol. The van der Waals surface area contributed by atoms with Crippen LogP contribution >= 0.6 is 0 Å². The van der Waals surface area contributed by atoms with Crippen molar-refractivity contribution in [2.45, 2.75) is 19.3 Å². The predicted octanol–water partition coefficient (Wildman–Crippen LogP) is 10.5. The molecule has 11 rings (SSSR count). The van der Waals surface area contributed by atoms with Crippen LogP contribution in [0.3, 0.4) is 0 Å². The summed E-state index contributed by atoms with van der Waals surface area (Å²) in [7, 11) is 0. The standard InChI is InChI=1S/C51H37GeN/c1-51(2)45-20-10-6-16-39(45)40-30-28-37(32-46(40)51)53(36-26-24-35(25-27-36)34-14-4-3-5-15-34)38-29-31-44-43-19-9-13-23-49(43)52(50(44)33-38)47-21-11-7-17-41(47)42-18-8-12-22-48(42)52/h3-33H,1-2H3. The number of fused-ring (bicyclic) bond motifs is 13. The van der Waals surface area contributed by atoms with Crippen LogP contribution in [0.4, 0.5) is 17.1 Å². The van der Waals surface area contributed by atoms with Gasteiger partial charge in [-0.25, -0.2) is 0 Å². The number of rotatable bonds is 4. The Morgan fingerprint density at radius 3 is 1.40 bits per heavy atom. The Bertz CT molecular complexity index is 2700. The van der Waals surface area contributed by atoms with Crippen molar-refractivity contribution in [3.63, 3.8) is 0 Å². The van der Waals surface area contributed by atoms with Crippen molar-refractivity contribution in [1.29, 1.82) is 0 Å². The van der Waals surface area contributed by atoms with E-state index in [2.05, 4.69) is 207 Å². The third kappa shape index (κ3) is 4.20. The Morgan fingerprint density at radius 1 is 0.340 bits per heavy atom. The van der Waals surface area contributed by atoms with Crippen molar-refractivity contribution >= 4 is 47.9 Å². The summed E-state index contributed by atoms with van der Waals surface area (Å²) >= 11 is -3.36. The third-order valence-electron chi connectivity index (χ3n) is 12.3. The van der Waals surface area contributed by atoms with E-state index in [9.17, 15) is 0 Å². The van der Waals surface area contributed by atoms with Gasteiger partial charge in [0.25, 0.3) is 0 Å². The third-order valence-corrected chi connectivity index (χ3v) is 22.7. The summed E-state index contributed by atoms with van der Waals surface area (Å²) in [4.78, 5) is 2.50. The molecule has 0 unspecified atom stereocenters. The molecule has 0 amide bonds. The fourth-order valence-electron chi connectivity index (χ4n) is 9.93. The van der Waals surface area contributed by atoms with Gasteiger partial charge in [-0.05, 0) is 0 Å². The maximum atomic E-state index is 2.58. The van der Waals surface area contributed by atoms with Gasteiger partial charge in [-0.2, -0.15) is 0 Å². The van der Waals surface area contributed by atoms with Crippen LogP contribution in [0.25, 0.3) is 44.5 Å². The summed E-state index contributed by atoms with van der Waals surface area (Å²) in [5.41, 5.74) is 17.0. The van der Waals surface area contributed by atoms with Crippen molar-refractivity contribution in [2.24, 2.45) is 0 Å². The Hall–Kier alpha value is -5.90. The van der Waals surface area contributed by atoms with Gasteiger partial charge >= 0.3 is 316 Å². The first-order chi connectivity index (χ1) is 26.0. The molecular weight excluding hydrogens is 699 g/mol. The molecule has 250 valence electrons. The fourth-order valence-corrected chi connectivity index (χ4v) is 21.8. The molecule has 0 radical (unpaired) electrons. The maximum absolute atomic E-state index is 3.36. The summed E-state index contributed by atoms with van der Waals surface area (Å²) < 4.78 is 6.18. The number of hydrogen-bond donors (Lipinski definition) is 0. The van der Waals surface area contributed by atoms with Gasteiger partial charge in [-0.1, -0.05) is 0 Å². The zero-order valence-electron chi connectivity index (χ0n) is 29.8. The average Bonchev–Trinajstić information content (AvgIpc) is 3.77. The van der Waals surface area contributed by atoms with Gasteiger partial charge < -0.3 is 0 Å². The second-order valence-corrected chi connectivity index (χ2v) is 22.9. The molecule has 1 spiro atoms. The molecule has 1 nitrogen and oxygen atoms in total. The molecular formula is C51H37GeN. The molecule has 0 N–H and O–H groups in total. The van der Waals surface area contributed by atoms with Crippen LogP contribution < -0.4 is 22.5 Å². The summed E-state index contributed by atoms with van der Waals surface area (Å²) in [5, 5.41) is 0. The zero-order valence-corrected chi connectivity index (χ0v) is 31.9. The molecule has 0 saturated carbocycles. The number of nitrogens with zero attached hydrogens (tertiary/aromatic N) is 1. The van der Waals surface area contributed by atoms with E-state index >= 15 is 0 Å². The van der Waals surface area contributed by atoms with Crippen LogP contribution in [0.15, 0.2) is 188 Å². The molecule has 8 aromatic rings. The van der Waals surface area contributed by atoms with Crippen molar-refractivity contribution < 1.29 is 0 Å². The molecule has 0 bridgehead atoms. The number of benzene rings is 8. The van der Waals surface area contributed by atoms with Crippen molar-refractivity contribution in [2.75, 3.05) is 4.90 Å². The van der Waals surface area contributed by atoms with E-state index in [0.29, 0.717) is 0 Å². The summed E-state index contributed by atoms with van der Waals surface area (Å²) in [6.07, 6.45) is 0. The molecule has 2 heteroatoms. The molecule has 3 aliphatic rings. The molecule has 0 aromatic heterocycles. The van der Waals surface area contributed by atoms with Crippen molar-refractivity contribution in [1.82, 2.24) is 0 Å². The Kier molecular flexibility index (Phi) is 6.55. The molecule has 0 atom stereocenters. The van der Waals surface area contributed by atoms with E-state index in [0.717, 1.165) is 5.69 Å². The van der Waals surface area contributed by atoms with E-state index in [4.69, 9.17) is 0 Å². The monoisotopic (exact) mass is 737 g/mol. The summed E-state index contributed by atoms with van der Waals surface area (Å²) in [6.45, 7) is 4.75. The van der Waals surface area contributed by atoms with Crippen LogP contribution in [0.5, 0.6) is 0 Å². The van der Waals surface area contributed by atoms with Crippen LogP contribution in [0.1, 0.15) is 25.0 Å².